The Hall–Kier alpha value is -2.41. The molecule has 19 heavy (non-hydrogen) atoms. The van der Waals surface area contributed by atoms with Crippen molar-refractivity contribution in [2.45, 2.75) is 13.0 Å². The van der Waals surface area contributed by atoms with Crippen molar-refractivity contribution in [1.82, 2.24) is 10.2 Å². The van der Waals surface area contributed by atoms with E-state index in [0.29, 0.717) is 5.69 Å². The van der Waals surface area contributed by atoms with Crippen molar-refractivity contribution in [3.8, 4) is 0 Å². The number of carbonyl (C=O) groups excluding carboxylic acids is 2. The normalized spacial score (nSPS) is 12.1. The van der Waals surface area contributed by atoms with E-state index in [9.17, 15) is 9.59 Å². The fourth-order valence-corrected chi connectivity index (χ4v) is 1.63. The van der Waals surface area contributed by atoms with Crippen molar-refractivity contribution in [3.05, 3.63) is 24.4 Å². The van der Waals surface area contributed by atoms with Crippen molar-refractivity contribution in [3.63, 3.8) is 0 Å². The van der Waals surface area contributed by atoms with Crippen LogP contribution < -0.4 is 11.1 Å². The number of hydrogen-bond acceptors (Lipinski definition) is 5. The molecule has 0 spiro atoms. The summed E-state index contributed by atoms with van der Waals surface area (Å²) in [5, 5.41) is 9.99. The summed E-state index contributed by atoms with van der Waals surface area (Å²) >= 11 is 0. The van der Waals surface area contributed by atoms with E-state index in [4.69, 9.17) is 10.5 Å². The predicted octanol–water partition coefficient (Wildman–Crippen LogP) is 0.392. The Labute approximate surface area is 109 Å². The third kappa shape index (κ3) is 2.71. The predicted molar refractivity (Wildman–Crippen MR) is 69.3 cm³/mol. The molecule has 0 aliphatic carbocycles. The molecule has 0 saturated heterocycles. The van der Waals surface area contributed by atoms with Gasteiger partial charge in [-0.15, -0.1) is 0 Å². The van der Waals surface area contributed by atoms with E-state index in [1.165, 1.54) is 0 Å². The summed E-state index contributed by atoms with van der Waals surface area (Å²) in [5.41, 5.74) is 6.82. The lowest BCUT2D eigenvalue weighted by Crippen LogP contribution is -2.43. The van der Waals surface area contributed by atoms with Gasteiger partial charge in [-0.25, -0.2) is 4.79 Å². The van der Waals surface area contributed by atoms with Gasteiger partial charge in [-0.3, -0.25) is 9.89 Å². The van der Waals surface area contributed by atoms with E-state index in [1.807, 2.05) is 6.07 Å². The number of rotatable bonds is 4. The van der Waals surface area contributed by atoms with Crippen molar-refractivity contribution in [2.24, 2.45) is 5.73 Å². The lowest BCUT2D eigenvalue weighted by molar-refractivity contribution is -0.146. The topological polar surface area (TPSA) is 110 Å². The molecule has 2 rings (SSSR count). The van der Waals surface area contributed by atoms with Crippen LogP contribution in [0.25, 0.3) is 10.9 Å². The van der Waals surface area contributed by atoms with Gasteiger partial charge in [-0.2, -0.15) is 5.10 Å². The van der Waals surface area contributed by atoms with Gasteiger partial charge in [0.15, 0.2) is 6.04 Å². The number of H-pyrrole nitrogens is 1. The van der Waals surface area contributed by atoms with Gasteiger partial charge >= 0.3 is 5.97 Å². The maximum atomic E-state index is 11.8. The van der Waals surface area contributed by atoms with Crippen LogP contribution in [0.3, 0.4) is 0 Å². The molecule has 0 saturated carbocycles. The molecule has 1 aromatic heterocycles. The number of anilines is 1. The van der Waals surface area contributed by atoms with Gasteiger partial charge in [0.2, 0.25) is 0 Å². The van der Waals surface area contributed by atoms with Crippen LogP contribution in [0.15, 0.2) is 24.4 Å². The highest BCUT2D eigenvalue weighted by Crippen LogP contribution is 2.20. The Morgan fingerprint density at radius 1 is 1.53 bits per heavy atom. The molecule has 4 N–H and O–H groups in total. The van der Waals surface area contributed by atoms with Crippen LogP contribution in [0.5, 0.6) is 0 Å². The number of hydrogen-bond donors (Lipinski definition) is 3. The molecule has 0 radical (unpaired) electrons. The fourth-order valence-electron chi connectivity index (χ4n) is 1.63. The van der Waals surface area contributed by atoms with E-state index in [1.54, 1.807) is 25.3 Å². The smallest absolute Gasteiger partial charge is 0.332 e. The SMILES string of the molecule is CCOC(=O)C(N)C(=O)Nc1cccc2[nH]ncc12. The lowest BCUT2D eigenvalue weighted by Gasteiger charge is -2.11. The number of nitrogens with two attached hydrogens (primary N) is 1. The maximum Gasteiger partial charge on any atom is 0.332 e. The Morgan fingerprint density at radius 2 is 2.32 bits per heavy atom. The van der Waals surface area contributed by atoms with Crippen LogP contribution in [0.2, 0.25) is 0 Å². The zero-order chi connectivity index (χ0) is 13.8. The molecule has 1 heterocycles. The first-order chi connectivity index (χ1) is 9.13. The molecular weight excluding hydrogens is 248 g/mol. The summed E-state index contributed by atoms with van der Waals surface area (Å²) in [6, 6.07) is 3.94. The molecule has 100 valence electrons. The number of aromatic nitrogens is 2. The van der Waals surface area contributed by atoms with Gasteiger partial charge in [0.05, 0.1) is 24.0 Å². The maximum absolute atomic E-state index is 11.8. The minimum atomic E-state index is -1.35. The fraction of sp³-hybridized carbons (Fsp3) is 0.250. The molecule has 1 unspecified atom stereocenters. The molecule has 1 atom stereocenters. The molecule has 2 aromatic rings. The summed E-state index contributed by atoms with van der Waals surface area (Å²) in [5.74, 6) is -1.37. The molecule has 0 bridgehead atoms. The van der Waals surface area contributed by atoms with Crippen molar-refractivity contribution >= 4 is 28.5 Å². The molecular formula is C12H14N4O3. The molecule has 1 aromatic carbocycles. The Morgan fingerprint density at radius 3 is 3.05 bits per heavy atom. The number of ether oxygens (including phenoxy) is 1. The van der Waals surface area contributed by atoms with E-state index in [-0.39, 0.29) is 6.61 Å². The summed E-state index contributed by atoms with van der Waals surface area (Å²) < 4.78 is 4.69. The van der Waals surface area contributed by atoms with Gasteiger partial charge in [0, 0.05) is 5.39 Å². The zero-order valence-electron chi connectivity index (χ0n) is 10.3. The number of aromatic amines is 1. The quantitative estimate of drug-likeness (QED) is 0.545. The number of benzene rings is 1. The van der Waals surface area contributed by atoms with E-state index < -0.39 is 17.9 Å². The number of nitrogens with one attached hydrogen (secondary N) is 2. The number of fused-ring (bicyclic) bond motifs is 1. The second kappa shape index (κ2) is 5.49. The van der Waals surface area contributed by atoms with Crippen LogP contribution in [-0.2, 0) is 14.3 Å². The van der Waals surface area contributed by atoms with Crippen LogP contribution in [0.4, 0.5) is 5.69 Å². The molecule has 0 fully saturated rings. The molecule has 0 aliphatic rings. The minimum absolute atomic E-state index is 0.178. The number of carbonyl (C=O) groups is 2. The van der Waals surface area contributed by atoms with Gasteiger partial charge < -0.3 is 15.8 Å². The monoisotopic (exact) mass is 262 g/mol. The number of nitrogens with zero attached hydrogens (tertiary/aromatic N) is 1. The molecule has 7 nitrogen and oxygen atoms in total. The van der Waals surface area contributed by atoms with E-state index in [0.717, 1.165) is 10.9 Å². The van der Waals surface area contributed by atoms with Crippen molar-refractivity contribution in [1.29, 1.82) is 0 Å². The largest absolute Gasteiger partial charge is 0.464 e. The first-order valence-corrected chi connectivity index (χ1v) is 5.78. The Balaban J connectivity index is 2.14. The Bertz CT molecular complexity index is 608. The van der Waals surface area contributed by atoms with Gasteiger partial charge in [-0.05, 0) is 19.1 Å². The summed E-state index contributed by atoms with van der Waals surface area (Å²) in [6.45, 7) is 1.83. The molecule has 0 aliphatic heterocycles. The van der Waals surface area contributed by atoms with Gasteiger partial charge in [0.25, 0.3) is 5.91 Å². The summed E-state index contributed by atoms with van der Waals surface area (Å²) in [4.78, 5) is 23.2. The van der Waals surface area contributed by atoms with Crippen molar-refractivity contribution < 1.29 is 14.3 Å². The summed E-state index contributed by atoms with van der Waals surface area (Å²) in [7, 11) is 0. The van der Waals surface area contributed by atoms with Gasteiger partial charge in [-0.1, -0.05) is 6.07 Å². The third-order valence-corrected chi connectivity index (χ3v) is 2.57. The lowest BCUT2D eigenvalue weighted by atomic mass is 10.2. The molecule has 1 amide bonds. The molecule has 7 heteroatoms. The Kier molecular flexibility index (Phi) is 3.76. The van der Waals surface area contributed by atoms with Crippen LogP contribution in [0.1, 0.15) is 6.92 Å². The highest BCUT2D eigenvalue weighted by atomic mass is 16.5. The van der Waals surface area contributed by atoms with Crippen LogP contribution in [-0.4, -0.2) is 34.7 Å². The van der Waals surface area contributed by atoms with Crippen molar-refractivity contribution in [2.75, 3.05) is 11.9 Å². The average Bonchev–Trinajstić information content (AvgIpc) is 2.87. The minimum Gasteiger partial charge on any atom is -0.464 e. The third-order valence-electron chi connectivity index (χ3n) is 2.57. The zero-order valence-corrected chi connectivity index (χ0v) is 10.3. The summed E-state index contributed by atoms with van der Waals surface area (Å²) in [6.07, 6.45) is 1.58. The second-order valence-corrected chi connectivity index (χ2v) is 3.86. The number of esters is 1. The van der Waals surface area contributed by atoms with Gasteiger partial charge in [0.1, 0.15) is 0 Å². The van der Waals surface area contributed by atoms with E-state index in [2.05, 4.69) is 15.5 Å². The second-order valence-electron chi connectivity index (χ2n) is 3.86. The first-order valence-electron chi connectivity index (χ1n) is 5.78. The average molecular weight is 262 g/mol. The highest BCUT2D eigenvalue weighted by Gasteiger charge is 2.23. The highest BCUT2D eigenvalue weighted by molar-refractivity contribution is 6.10. The first kappa shape index (κ1) is 13.0. The van der Waals surface area contributed by atoms with Crippen LogP contribution >= 0.6 is 0 Å². The number of amides is 1. The standard InChI is InChI=1S/C12H14N4O3/c1-2-19-12(18)10(13)11(17)15-8-4-3-5-9-7(8)6-14-16-9/h3-6,10H,2,13H2,1H3,(H,14,16)(H,15,17). The van der Waals surface area contributed by atoms with Crippen LogP contribution in [0, 0.1) is 0 Å². The van der Waals surface area contributed by atoms with E-state index >= 15 is 0 Å².